The molecule has 0 aliphatic heterocycles. The summed E-state index contributed by atoms with van der Waals surface area (Å²) >= 11 is 6.36. The van der Waals surface area contributed by atoms with E-state index in [1.807, 2.05) is 0 Å². The first-order chi connectivity index (χ1) is 19.3. The number of hydrogen-bond donors (Lipinski definition) is 0. The van der Waals surface area contributed by atoms with Crippen molar-refractivity contribution in [3.8, 4) is 11.1 Å². The molecular formula is C39H53ClO. The number of benzene rings is 2. The monoisotopic (exact) mass is 572 g/mol. The molecular weight excluding hydrogens is 520 g/mol. The first-order valence-electron chi connectivity index (χ1n) is 16.9. The number of halogens is 1. The molecule has 0 saturated heterocycles. The van der Waals surface area contributed by atoms with Crippen molar-refractivity contribution in [3.63, 3.8) is 0 Å². The van der Waals surface area contributed by atoms with E-state index >= 15 is 0 Å². The SMILES string of the molecule is CC(C)c1cc2c(cc1-c1cc3c(cc1C(C)C)CCC1C(C)(C(=O)Cl)CCCC31C)C1(C)CCCC(C)C1CC2. The van der Waals surface area contributed by atoms with Gasteiger partial charge in [-0.1, -0.05) is 98.9 Å². The van der Waals surface area contributed by atoms with Crippen molar-refractivity contribution in [2.24, 2.45) is 23.2 Å². The summed E-state index contributed by atoms with van der Waals surface area (Å²) in [5.74, 6) is 2.83. The van der Waals surface area contributed by atoms with Crippen molar-refractivity contribution in [2.75, 3.05) is 0 Å². The van der Waals surface area contributed by atoms with Gasteiger partial charge in [0, 0.05) is 5.41 Å². The molecule has 1 nitrogen and oxygen atoms in total. The molecule has 2 aromatic carbocycles. The molecule has 0 amide bonds. The van der Waals surface area contributed by atoms with Gasteiger partial charge in [0.1, 0.15) is 0 Å². The highest BCUT2D eigenvalue weighted by Crippen LogP contribution is 2.59. The Balaban J connectivity index is 1.58. The predicted molar refractivity (Wildman–Crippen MR) is 174 cm³/mol. The molecule has 4 aliphatic carbocycles. The fourth-order valence-corrected chi connectivity index (χ4v) is 10.9. The van der Waals surface area contributed by atoms with Gasteiger partial charge in [-0.05, 0) is 141 Å². The molecule has 0 aromatic heterocycles. The Morgan fingerprint density at radius 3 is 1.85 bits per heavy atom. The Morgan fingerprint density at radius 2 is 1.29 bits per heavy atom. The predicted octanol–water partition coefficient (Wildman–Crippen LogP) is 11.0. The second kappa shape index (κ2) is 10.2. The van der Waals surface area contributed by atoms with Gasteiger partial charge < -0.3 is 0 Å². The number of fused-ring (bicyclic) bond motifs is 6. The highest BCUT2D eigenvalue weighted by Gasteiger charge is 2.55. The van der Waals surface area contributed by atoms with Crippen LogP contribution in [0.2, 0.25) is 0 Å². The molecule has 4 aliphatic rings. The Kier molecular flexibility index (Phi) is 7.37. The Morgan fingerprint density at radius 1 is 0.756 bits per heavy atom. The van der Waals surface area contributed by atoms with Gasteiger partial charge in [-0.25, -0.2) is 0 Å². The summed E-state index contributed by atoms with van der Waals surface area (Å²) in [5.41, 5.74) is 12.0. The van der Waals surface area contributed by atoms with Gasteiger partial charge in [0.2, 0.25) is 5.24 Å². The van der Waals surface area contributed by atoms with Gasteiger partial charge >= 0.3 is 0 Å². The summed E-state index contributed by atoms with van der Waals surface area (Å²) in [4.78, 5) is 12.9. The fraction of sp³-hybridized carbons (Fsp3) is 0.667. The van der Waals surface area contributed by atoms with Gasteiger partial charge in [0.25, 0.3) is 0 Å². The third kappa shape index (κ3) is 4.41. The molecule has 2 fully saturated rings. The molecule has 41 heavy (non-hydrogen) atoms. The maximum Gasteiger partial charge on any atom is 0.227 e. The quantitative estimate of drug-likeness (QED) is 0.333. The van der Waals surface area contributed by atoms with Crippen molar-refractivity contribution in [2.45, 2.75) is 142 Å². The van der Waals surface area contributed by atoms with Gasteiger partial charge in [-0.15, -0.1) is 0 Å². The minimum absolute atomic E-state index is 0.0164. The smallest absolute Gasteiger partial charge is 0.227 e. The summed E-state index contributed by atoms with van der Waals surface area (Å²) < 4.78 is 0. The minimum atomic E-state index is -0.431. The second-order valence-corrected chi connectivity index (χ2v) is 16.3. The van der Waals surface area contributed by atoms with E-state index in [9.17, 15) is 4.79 Å². The largest absolute Gasteiger partial charge is 0.281 e. The van der Waals surface area contributed by atoms with Crippen LogP contribution in [0, 0.1) is 23.2 Å². The van der Waals surface area contributed by atoms with Crippen molar-refractivity contribution in [1.82, 2.24) is 0 Å². The lowest BCUT2D eigenvalue weighted by Gasteiger charge is -2.54. The molecule has 0 radical (unpaired) electrons. The van der Waals surface area contributed by atoms with Crippen LogP contribution in [0.3, 0.4) is 0 Å². The van der Waals surface area contributed by atoms with Gasteiger partial charge in [-0.3, -0.25) is 4.79 Å². The molecule has 2 aromatic rings. The Bertz CT molecular complexity index is 1370. The van der Waals surface area contributed by atoms with Crippen molar-refractivity contribution < 1.29 is 4.79 Å². The minimum Gasteiger partial charge on any atom is -0.281 e. The van der Waals surface area contributed by atoms with Crippen LogP contribution in [0.4, 0.5) is 0 Å². The molecule has 0 bridgehead atoms. The molecule has 0 heterocycles. The molecule has 6 atom stereocenters. The molecule has 2 saturated carbocycles. The van der Waals surface area contributed by atoms with Crippen LogP contribution in [-0.4, -0.2) is 5.24 Å². The standard InChI is InChI=1S/C39H53ClO/c1-23(2)28-19-26-12-14-32-25(5)11-9-16-37(32,6)33(26)21-30(28)31-22-34-27(20-29(31)24(3)4)13-15-35-38(34,7)17-10-18-39(35,8)36(40)41/h19-25,32,35H,9-18H2,1-8H3. The summed E-state index contributed by atoms with van der Waals surface area (Å²) in [6.45, 7) is 19.2. The third-order valence-electron chi connectivity index (χ3n) is 13.0. The number of carbonyl (C=O) groups is 1. The lowest BCUT2D eigenvalue weighted by Crippen LogP contribution is -2.51. The van der Waals surface area contributed by atoms with E-state index in [0.717, 1.165) is 43.9 Å². The fourth-order valence-electron chi connectivity index (χ4n) is 10.6. The van der Waals surface area contributed by atoms with Crippen LogP contribution in [-0.2, 0) is 28.5 Å². The Hall–Kier alpha value is -1.60. The van der Waals surface area contributed by atoms with E-state index in [2.05, 4.69) is 79.7 Å². The van der Waals surface area contributed by atoms with E-state index in [4.69, 9.17) is 11.6 Å². The first-order valence-corrected chi connectivity index (χ1v) is 17.2. The van der Waals surface area contributed by atoms with E-state index < -0.39 is 5.41 Å². The molecule has 0 spiro atoms. The maximum atomic E-state index is 12.9. The van der Waals surface area contributed by atoms with E-state index in [-0.39, 0.29) is 16.1 Å². The first kappa shape index (κ1) is 29.5. The van der Waals surface area contributed by atoms with Gasteiger partial charge in [0.15, 0.2) is 0 Å². The highest BCUT2D eigenvalue weighted by molar-refractivity contribution is 6.64. The zero-order chi connectivity index (χ0) is 29.5. The molecule has 6 rings (SSSR count). The van der Waals surface area contributed by atoms with E-state index in [0.29, 0.717) is 17.8 Å². The van der Waals surface area contributed by atoms with Crippen LogP contribution < -0.4 is 0 Å². The summed E-state index contributed by atoms with van der Waals surface area (Å²) in [6, 6.07) is 10.5. The van der Waals surface area contributed by atoms with Crippen molar-refractivity contribution >= 4 is 16.8 Å². The Labute approximate surface area is 255 Å². The molecule has 222 valence electrons. The number of rotatable bonds is 4. The van der Waals surface area contributed by atoms with Crippen LogP contribution in [0.1, 0.15) is 152 Å². The van der Waals surface area contributed by atoms with Crippen LogP contribution in [0.25, 0.3) is 11.1 Å². The van der Waals surface area contributed by atoms with E-state index in [1.165, 1.54) is 65.5 Å². The number of hydrogen-bond acceptors (Lipinski definition) is 1. The van der Waals surface area contributed by atoms with Crippen LogP contribution in [0.5, 0.6) is 0 Å². The normalized spacial score (nSPS) is 34.6. The van der Waals surface area contributed by atoms with Crippen LogP contribution >= 0.6 is 11.6 Å². The average Bonchev–Trinajstić information content (AvgIpc) is 2.91. The van der Waals surface area contributed by atoms with Gasteiger partial charge in [0.05, 0.1) is 0 Å². The van der Waals surface area contributed by atoms with Gasteiger partial charge in [-0.2, -0.15) is 0 Å². The molecule has 0 N–H and O–H groups in total. The summed E-state index contributed by atoms with van der Waals surface area (Å²) in [6.07, 6.45) is 11.9. The van der Waals surface area contributed by atoms with E-state index in [1.54, 1.807) is 11.1 Å². The zero-order valence-corrected chi connectivity index (χ0v) is 27.8. The summed E-state index contributed by atoms with van der Waals surface area (Å²) in [7, 11) is 0. The van der Waals surface area contributed by atoms with Crippen molar-refractivity contribution in [1.29, 1.82) is 0 Å². The third-order valence-corrected chi connectivity index (χ3v) is 13.4. The molecule has 2 heteroatoms. The lowest BCUT2D eigenvalue weighted by atomic mass is 9.50. The number of carbonyl (C=O) groups excluding carboxylic acids is 1. The zero-order valence-electron chi connectivity index (χ0n) is 27.1. The van der Waals surface area contributed by atoms with Crippen LogP contribution in [0.15, 0.2) is 24.3 Å². The topological polar surface area (TPSA) is 17.1 Å². The lowest BCUT2D eigenvalue weighted by molar-refractivity contribution is -0.127. The number of aryl methyl sites for hydroxylation is 2. The molecule has 6 unspecified atom stereocenters. The highest BCUT2D eigenvalue weighted by atomic mass is 35.5. The summed E-state index contributed by atoms with van der Waals surface area (Å²) in [5, 5.41) is -0.128. The average molecular weight is 573 g/mol. The maximum absolute atomic E-state index is 12.9. The second-order valence-electron chi connectivity index (χ2n) is 16.0. The van der Waals surface area contributed by atoms with Crippen molar-refractivity contribution in [3.05, 3.63) is 57.6 Å².